The van der Waals surface area contributed by atoms with Gasteiger partial charge in [-0.2, -0.15) is 5.10 Å². The first-order valence-corrected chi connectivity index (χ1v) is 9.14. The largest absolute Gasteiger partial charge is 0.489 e. The zero-order valence-electron chi connectivity index (χ0n) is 15.5. The van der Waals surface area contributed by atoms with Crippen LogP contribution < -0.4 is 10.1 Å². The summed E-state index contributed by atoms with van der Waals surface area (Å²) in [6.45, 7) is 4.55. The maximum atomic E-state index is 12.6. The van der Waals surface area contributed by atoms with Crippen LogP contribution in [0.1, 0.15) is 34.6 Å². The predicted octanol–water partition coefficient (Wildman–Crippen LogP) is 3.07. The minimum Gasteiger partial charge on any atom is -0.489 e. The quantitative estimate of drug-likeness (QED) is 0.604. The number of ether oxygens (including phenoxy) is 2. The van der Waals surface area contributed by atoms with Crippen molar-refractivity contribution in [2.24, 2.45) is 7.05 Å². The zero-order valence-corrected chi connectivity index (χ0v) is 16.3. The molecule has 1 amide bonds. The van der Waals surface area contributed by atoms with Crippen LogP contribution in [0.2, 0.25) is 5.02 Å². The summed E-state index contributed by atoms with van der Waals surface area (Å²) in [5, 5.41) is 7.22. The topological polar surface area (TPSA) is 82.5 Å². The Morgan fingerprint density at radius 2 is 2.19 bits per heavy atom. The van der Waals surface area contributed by atoms with Crippen molar-refractivity contribution < 1.29 is 19.1 Å². The number of ketones is 1. The lowest BCUT2D eigenvalue weighted by Crippen LogP contribution is -2.24. The molecule has 27 heavy (non-hydrogen) atoms. The number of nitrogens with one attached hydrogen (secondary N) is 1. The van der Waals surface area contributed by atoms with Gasteiger partial charge >= 0.3 is 0 Å². The summed E-state index contributed by atoms with van der Waals surface area (Å²) in [7, 11) is 1.73. The SMILES string of the molecule is Cc1nn(C)c(C)c1C(=O)C(=O)Nc1cc(Cl)ccc1OCC1CCCO1. The van der Waals surface area contributed by atoms with Gasteiger partial charge in [-0.05, 0) is 44.9 Å². The molecule has 2 heterocycles. The van der Waals surface area contributed by atoms with E-state index in [0.717, 1.165) is 19.4 Å². The Labute approximate surface area is 162 Å². The molecule has 1 unspecified atom stereocenters. The lowest BCUT2D eigenvalue weighted by Gasteiger charge is -2.15. The van der Waals surface area contributed by atoms with Crippen molar-refractivity contribution in [3.8, 4) is 5.75 Å². The molecular weight excluding hydrogens is 370 g/mol. The highest BCUT2D eigenvalue weighted by atomic mass is 35.5. The first-order valence-electron chi connectivity index (χ1n) is 8.76. The number of rotatable bonds is 6. The van der Waals surface area contributed by atoms with Crippen molar-refractivity contribution in [1.29, 1.82) is 0 Å². The number of amides is 1. The molecule has 0 saturated carbocycles. The number of Topliss-reactive ketones (excluding diaryl/α,β-unsaturated/α-hetero) is 1. The number of carbonyl (C=O) groups excluding carboxylic acids is 2. The van der Waals surface area contributed by atoms with Gasteiger partial charge in [0.15, 0.2) is 0 Å². The van der Waals surface area contributed by atoms with E-state index in [1.807, 2.05) is 0 Å². The molecule has 1 N–H and O–H groups in total. The first kappa shape index (κ1) is 19.4. The van der Waals surface area contributed by atoms with E-state index in [1.165, 1.54) is 0 Å². The monoisotopic (exact) mass is 391 g/mol. The van der Waals surface area contributed by atoms with Gasteiger partial charge in [0.25, 0.3) is 11.7 Å². The predicted molar refractivity (Wildman–Crippen MR) is 102 cm³/mol. The van der Waals surface area contributed by atoms with Crippen LogP contribution >= 0.6 is 11.6 Å². The Hall–Kier alpha value is -2.38. The van der Waals surface area contributed by atoms with Gasteiger partial charge < -0.3 is 14.8 Å². The van der Waals surface area contributed by atoms with Gasteiger partial charge in [0.05, 0.1) is 23.0 Å². The van der Waals surface area contributed by atoms with E-state index in [1.54, 1.807) is 43.8 Å². The molecule has 0 bridgehead atoms. The van der Waals surface area contributed by atoms with Gasteiger partial charge in [0.2, 0.25) is 0 Å². The number of anilines is 1. The van der Waals surface area contributed by atoms with Gasteiger partial charge in [-0.25, -0.2) is 0 Å². The van der Waals surface area contributed by atoms with Crippen molar-refractivity contribution in [2.75, 3.05) is 18.5 Å². The summed E-state index contributed by atoms with van der Waals surface area (Å²) in [6, 6.07) is 4.89. The number of aryl methyl sites for hydroxylation is 2. The molecule has 1 aliphatic heterocycles. The van der Waals surface area contributed by atoms with Gasteiger partial charge in [-0.3, -0.25) is 14.3 Å². The molecule has 1 aliphatic rings. The smallest absolute Gasteiger partial charge is 0.297 e. The number of hydrogen-bond acceptors (Lipinski definition) is 5. The molecule has 2 aromatic rings. The highest BCUT2D eigenvalue weighted by Crippen LogP contribution is 2.29. The molecule has 3 rings (SSSR count). The number of benzene rings is 1. The molecule has 7 nitrogen and oxygen atoms in total. The van der Waals surface area contributed by atoms with Crippen LogP contribution in [0.4, 0.5) is 5.69 Å². The van der Waals surface area contributed by atoms with Crippen LogP contribution in [-0.4, -0.2) is 40.8 Å². The highest BCUT2D eigenvalue weighted by Gasteiger charge is 2.25. The second-order valence-electron chi connectivity index (χ2n) is 6.54. The van der Waals surface area contributed by atoms with Crippen LogP contribution in [0.25, 0.3) is 0 Å². The highest BCUT2D eigenvalue weighted by molar-refractivity contribution is 6.47. The van der Waals surface area contributed by atoms with E-state index in [-0.39, 0.29) is 6.10 Å². The van der Waals surface area contributed by atoms with Gasteiger partial charge in [0.1, 0.15) is 12.4 Å². The minimum absolute atomic E-state index is 0.0338. The summed E-state index contributed by atoms with van der Waals surface area (Å²) in [5.41, 5.74) is 1.79. The second-order valence-corrected chi connectivity index (χ2v) is 6.98. The van der Waals surface area contributed by atoms with E-state index < -0.39 is 11.7 Å². The fourth-order valence-electron chi connectivity index (χ4n) is 3.08. The summed E-state index contributed by atoms with van der Waals surface area (Å²) in [5.74, 6) is -0.975. The Bertz CT molecular complexity index is 872. The third kappa shape index (κ3) is 4.31. The van der Waals surface area contributed by atoms with Crippen LogP contribution in [0.3, 0.4) is 0 Å². The van der Waals surface area contributed by atoms with E-state index in [9.17, 15) is 9.59 Å². The number of aromatic nitrogens is 2. The molecule has 0 radical (unpaired) electrons. The van der Waals surface area contributed by atoms with Crippen molar-refractivity contribution in [3.63, 3.8) is 0 Å². The fourth-order valence-corrected chi connectivity index (χ4v) is 3.25. The van der Waals surface area contributed by atoms with Crippen LogP contribution in [0, 0.1) is 13.8 Å². The third-order valence-electron chi connectivity index (χ3n) is 4.58. The molecule has 1 saturated heterocycles. The molecule has 8 heteroatoms. The summed E-state index contributed by atoms with van der Waals surface area (Å²) < 4.78 is 12.9. The van der Waals surface area contributed by atoms with Crippen molar-refractivity contribution in [1.82, 2.24) is 9.78 Å². The Balaban J connectivity index is 1.76. The lowest BCUT2D eigenvalue weighted by molar-refractivity contribution is -0.112. The number of hydrogen-bond donors (Lipinski definition) is 1. The van der Waals surface area contributed by atoms with E-state index in [4.69, 9.17) is 21.1 Å². The molecule has 1 atom stereocenters. The number of halogens is 1. The molecule has 0 spiro atoms. The maximum absolute atomic E-state index is 12.6. The maximum Gasteiger partial charge on any atom is 0.297 e. The van der Waals surface area contributed by atoms with Crippen molar-refractivity contribution in [3.05, 3.63) is 40.2 Å². The van der Waals surface area contributed by atoms with Crippen LogP contribution in [-0.2, 0) is 16.6 Å². The summed E-state index contributed by atoms with van der Waals surface area (Å²) >= 11 is 6.05. The van der Waals surface area contributed by atoms with Crippen molar-refractivity contribution in [2.45, 2.75) is 32.8 Å². The Morgan fingerprint density at radius 3 is 2.81 bits per heavy atom. The molecular formula is C19H22ClN3O4. The number of nitrogens with zero attached hydrogens (tertiary/aromatic N) is 2. The van der Waals surface area contributed by atoms with Gasteiger partial charge in [0, 0.05) is 24.4 Å². The summed E-state index contributed by atoms with van der Waals surface area (Å²) in [6.07, 6.45) is 1.98. The average Bonchev–Trinajstić information content (AvgIpc) is 3.22. The minimum atomic E-state index is -0.765. The summed E-state index contributed by atoms with van der Waals surface area (Å²) in [4.78, 5) is 25.1. The molecule has 1 aromatic heterocycles. The average molecular weight is 392 g/mol. The lowest BCUT2D eigenvalue weighted by atomic mass is 10.1. The number of carbonyl (C=O) groups is 2. The molecule has 144 valence electrons. The van der Waals surface area contributed by atoms with E-state index in [0.29, 0.717) is 40.0 Å². The second kappa shape index (κ2) is 8.10. The van der Waals surface area contributed by atoms with Gasteiger partial charge in [-0.15, -0.1) is 0 Å². The zero-order chi connectivity index (χ0) is 19.6. The molecule has 0 aliphatic carbocycles. The standard InChI is InChI=1S/C19H22ClN3O4/c1-11-17(12(2)23(3)22-11)18(24)19(25)21-15-9-13(20)6-7-16(15)27-10-14-5-4-8-26-14/h6-7,9,14H,4-5,8,10H2,1-3H3,(H,21,25). The van der Waals surface area contributed by atoms with Crippen LogP contribution in [0.15, 0.2) is 18.2 Å². The Morgan fingerprint density at radius 1 is 1.41 bits per heavy atom. The molecule has 1 aromatic carbocycles. The van der Waals surface area contributed by atoms with E-state index in [2.05, 4.69) is 10.4 Å². The fraction of sp³-hybridized carbons (Fsp3) is 0.421. The normalized spacial score (nSPS) is 16.4. The van der Waals surface area contributed by atoms with Gasteiger partial charge in [-0.1, -0.05) is 11.6 Å². The first-order chi connectivity index (χ1) is 12.9. The van der Waals surface area contributed by atoms with Crippen LogP contribution in [0.5, 0.6) is 5.75 Å². The Kier molecular flexibility index (Phi) is 5.82. The van der Waals surface area contributed by atoms with Crippen molar-refractivity contribution >= 4 is 29.0 Å². The third-order valence-corrected chi connectivity index (χ3v) is 4.82. The van der Waals surface area contributed by atoms with E-state index >= 15 is 0 Å². The molecule has 1 fully saturated rings.